The third-order valence-electron chi connectivity index (χ3n) is 2.40. The highest BCUT2D eigenvalue weighted by Crippen LogP contribution is 2.30. The van der Waals surface area contributed by atoms with Crippen LogP contribution in [0.2, 0.25) is 0 Å². The second-order valence-corrected chi connectivity index (χ2v) is 4.67. The zero-order chi connectivity index (χ0) is 11.0. The van der Waals surface area contributed by atoms with Gasteiger partial charge in [0.1, 0.15) is 11.5 Å². The molecule has 0 amide bonds. The summed E-state index contributed by atoms with van der Waals surface area (Å²) in [5.41, 5.74) is 8.03. The summed E-state index contributed by atoms with van der Waals surface area (Å²) in [4.78, 5) is 5.33. The molecule has 2 rings (SSSR count). The number of nitrogen functional groups attached to an aromatic ring is 1. The minimum absolute atomic E-state index is 0.749. The van der Waals surface area contributed by atoms with Crippen molar-refractivity contribution in [3.8, 4) is 10.6 Å². The zero-order valence-corrected chi connectivity index (χ0v) is 9.93. The van der Waals surface area contributed by atoms with Crippen LogP contribution in [0.3, 0.4) is 0 Å². The van der Waals surface area contributed by atoms with E-state index in [0.29, 0.717) is 0 Å². The second kappa shape index (κ2) is 3.66. The van der Waals surface area contributed by atoms with Gasteiger partial charge in [0.2, 0.25) is 0 Å². The quantitative estimate of drug-likeness (QED) is 0.845. The molecular formula is C10H14N4S. The van der Waals surface area contributed by atoms with Crippen LogP contribution in [0.1, 0.15) is 17.5 Å². The molecule has 0 aliphatic heterocycles. The highest BCUT2D eigenvalue weighted by molar-refractivity contribution is 7.15. The van der Waals surface area contributed by atoms with Gasteiger partial charge in [-0.25, -0.2) is 4.98 Å². The maximum Gasteiger partial charge on any atom is 0.125 e. The summed E-state index contributed by atoms with van der Waals surface area (Å²) in [6, 6.07) is 0. The topological polar surface area (TPSA) is 56.7 Å². The van der Waals surface area contributed by atoms with Crippen molar-refractivity contribution in [3.63, 3.8) is 0 Å². The normalized spacial score (nSPS) is 10.9. The molecule has 2 aromatic heterocycles. The largest absolute Gasteiger partial charge is 0.384 e. The number of anilines is 1. The third-order valence-corrected chi connectivity index (χ3v) is 3.32. The number of aryl methyl sites for hydroxylation is 2. The standard InChI is InChI=1S/C10H14N4S/c1-4-7-9(13-14(3)10(7)11)8-5-12-6(2)15-8/h5H,4,11H2,1-3H3. The van der Waals surface area contributed by atoms with E-state index in [4.69, 9.17) is 5.73 Å². The van der Waals surface area contributed by atoms with Crippen LogP contribution in [0.25, 0.3) is 10.6 Å². The number of rotatable bonds is 2. The molecule has 0 saturated heterocycles. The molecule has 5 heteroatoms. The Hall–Kier alpha value is -1.36. The molecule has 0 bridgehead atoms. The van der Waals surface area contributed by atoms with E-state index in [9.17, 15) is 0 Å². The van der Waals surface area contributed by atoms with Crippen molar-refractivity contribution >= 4 is 17.2 Å². The molecule has 80 valence electrons. The van der Waals surface area contributed by atoms with E-state index in [1.807, 2.05) is 20.2 Å². The fraction of sp³-hybridized carbons (Fsp3) is 0.400. The summed E-state index contributed by atoms with van der Waals surface area (Å²) in [6.45, 7) is 4.08. The van der Waals surface area contributed by atoms with E-state index < -0.39 is 0 Å². The van der Waals surface area contributed by atoms with Gasteiger partial charge in [-0.3, -0.25) is 4.68 Å². The third kappa shape index (κ3) is 1.63. The lowest BCUT2D eigenvalue weighted by molar-refractivity contribution is 0.782. The average Bonchev–Trinajstić information content (AvgIpc) is 2.73. The van der Waals surface area contributed by atoms with Gasteiger partial charge < -0.3 is 5.73 Å². The number of aromatic nitrogens is 3. The molecule has 0 aliphatic rings. The SMILES string of the molecule is CCc1c(-c2cnc(C)s2)nn(C)c1N. The van der Waals surface area contributed by atoms with E-state index in [0.717, 1.165) is 33.4 Å². The minimum Gasteiger partial charge on any atom is -0.384 e. The summed E-state index contributed by atoms with van der Waals surface area (Å²) in [5.74, 6) is 0.749. The predicted octanol–water partition coefficient (Wildman–Crippen LogP) is 2.00. The van der Waals surface area contributed by atoms with E-state index >= 15 is 0 Å². The molecule has 0 aliphatic carbocycles. The smallest absolute Gasteiger partial charge is 0.125 e. The van der Waals surface area contributed by atoms with Crippen molar-refractivity contribution in [2.45, 2.75) is 20.3 Å². The van der Waals surface area contributed by atoms with E-state index in [2.05, 4.69) is 17.0 Å². The van der Waals surface area contributed by atoms with E-state index in [1.165, 1.54) is 0 Å². The maximum atomic E-state index is 5.94. The molecule has 0 unspecified atom stereocenters. The van der Waals surface area contributed by atoms with Gasteiger partial charge in [-0.05, 0) is 13.3 Å². The summed E-state index contributed by atoms with van der Waals surface area (Å²) in [5, 5.41) is 5.48. The highest BCUT2D eigenvalue weighted by atomic mass is 32.1. The number of hydrogen-bond acceptors (Lipinski definition) is 4. The molecule has 0 atom stereocenters. The Balaban J connectivity index is 2.57. The first-order valence-electron chi connectivity index (χ1n) is 4.87. The Morgan fingerprint density at radius 1 is 1.53 bits per heavy atom. The summed E-state index contributed by atoms with van der Waals surface area (Å²) < 4.78 is 1.73. The Morgan fingerprint density at radius 2 is 2.27 bits per heavy atom. The van der Waals surface area contributed by atoms with Gasteiger partial charge in [0.05, 0.1) is 9.88 Å². The van der Waals surface area contributed by atoms with E-state index in [-0.39, 0.29) is 0 Å². The van der Waals surface area contributed by atoms with Gasteiger partial charge in [0.25, 0.3) is 0 Å². The van der Waals surface area contributed by atoms with Crippen molar-refractivity contribution < 1.29 is 0 Å². The van der Waals surface area contributed by atoms with Gasteiger partial charge in [-0.2, -0.15) is 5.10 Å². The monoisotopic (exact) mass is 222 g/mol. The predicted molar refractivity (Wildman–Crippen MR) is 62.8 cm³/mol. The van der Waals surface area contributed by atoms with Gasteiger partial charge >= 0.3 is 0 Å². The Bertz CT molecular complexity index is 484. The lowest BCUT2D eigenvalue weighted by Crippen LogP contribution is -1.98. The molecule has 0 saturated carbocycles. The first kappa shape index (κ1) is 10.2. The Kier molecular flexibility index (Phi) is 2.48. The first-order valence-corrected chi connectivity index (χ1v) is 5.69. The molecule has 0 radical (unpaired) electrons. The zero-order valence-electron chi connectivity index (χ0n) is 9.11. The van der Waals surface area contributed by atoms with Crippen LogP contribution in [0.4, 0.5) is 5.82 Å². The summed E-state index contributed by atoms with van der Waals surface area (Å²) in [6.07, 6.45) is 2.76. The summed E-state index contributed by atoms with van der Waals surface area (Å²) >= 11 is 1.65. The van der Waals surface area contributed by atoms with Crippen LogP contribution < -0.4 is 5.73 Å². The molecule has 0 aromatic carbocycles. The van der Waals surface area contributed by atoms with Crippen LogP contribution in [0, 0.1) is 6.92 Å². The lowest BCUT2D eigenvalue weighted by Gasteiger charge is -1.96. The Morgan fingerprint density at radius 3 is 2.80 bits per heavy atom. The molecule has 0 fully saturated rings. The molecular weight excluding hydrogens is 208 g/mol. The van der Waals surface area contributed by atoms with Crippen molar-refractivity contribution in [2.24, 2.45) is 7.05 Å². The van der Waals surface area contributed by atoms with Gasteiger partial charge in [0, 0.05) is 18.8 Å². The number of nitrogens with two attached hydrogens (primary N) is 1. The highest BCUT2D eigenvalue weighted by Gasteiger charge is 2.15. The van der Waals surface area contributed by atoms with E-state index in [1.54, 1.807) is 16.0 Å². The summed E-state index contributed by atoms with van der Waals surface area (Å²) in [7, 11) is 1.87. The van der Waals surface area contributed by atoms with Crippen LogP contribution in [-0.4, -0.2) is 14.8 Å². The van der Waals surface area contributed by atoms with Crippen molar-refractivity contribution in [2.75, 3.05) is 5.73 Å². The number of thiazole rings is 1. The number of hydrogen-bond donors (Lipinski definition) is 1. The fourth-order valence-corrected chi connectivity index (χ4v) is 2.39. The molecule has 0 spiro atoms. The average molecular weight is 222 g/mol. The molecule has 15 heavy (non-hydrogen) atoms. The molecule has 2 aromatic rings. The van der Waals surface area contributed by atoms with Gasteiger partial charge in [0.15, 0.2) is 0 Å². The molecule has 2 N–H and O–H groups in total. The number of nitrogens with zero attached hydrogens (tertiary/aromatic N) is 3. The second-order valence-electron chi connectivity index (χ2n) is 3.43. The van der Waals surface area contributed by atoms with Crippen molar-refractivity contribution in [3.05, 3.63) is 16.8 Å². The first-order chi connectivity index (χ1) is 7.13. The fourth-order valence-electron chi connectivity index (χ4n) is 1.60. The van der Waals surface area contributed by atoms with Gasteiger partial charge in [-0.15, -0.1) is 11.3 Å². The van der Waals surface area contributed by atoms with Crippen molar-refractivity contribution in [1.82, 2.24) is 14.8 Å². The van der Waals surface area contributed by atoms with Crippen LogP contribution in [0.15, 0.2) is 6.20 Å². The van der Waals surface area contributed by atoms with Crippen LogP contribution in [0.5, 0.6) is 0 Å². The van der Waals surface area contributed by atoms with Gasteiger partial charge in [-0.1, -0.05) is 6.92 Å². The molecule has 4 nitrogen and oxygen atoms in total. The maximum absolute atomic E-state index is 5.94. The lowest BCUT2D eigenvalue weighted by atomic mass is 10.1. The minimum atomic E-state index is 0.749. The van der Waals surface area contributed by atoms with Crippen LogP contribution >= 0.6 is 11.3 Å². The molecule has 2 heterocycles. The Labute approximate surface area is 92.8 Å². The van der Waals surface area contributed by atoms with Crippen molar-refractivity contribution in [1.29, 1.82) is 0 Å². The van der Waals surface area contributed by atoms with Crippen LogP contribution in [-0.2, 0) is 13.5 Å².